The summed E-state index contributed by atoms with van der Waals surface area (Å²) in [6.07, 6.45) is 11.8. The van der Waals surface area contributed by atoms with Gasteiger partial charge in [0.05, 0.1) is 17.5 Å². The van der Waals surface area contributed by atoms with Crippen molar-refractivity contribution in [3.63, 3.8) is 0 Å². The van der Waals surface area contributed by atoms with Crippen molar-refractivity contribution >= 4 is 23.4 Å². The highest BCUT2D eigenvalue weighted by Gasteiger charge is 2.56. The van der Waals surface area contributed by atoms with Gasteiger partial charge in [-0.3, -0.25) is 14.4 Å². The number of fused-ring (bicyclic) bond motifs is 2. The zero-order valence-electron chi connectivity index (χ0n) is 22.4. The molecule has 2 N–H and O–H groups in total. The number of carbonyl (C=O) groups is 3. The number of likely N-dealkylation sites (N-methyl/N-ethyl adjacent to an activating group) is 1. The molecule has 0 saturated carbocycles. The molecule has 1 aliphatic carbocycles. The Balaban J connectivity index is 1.35. The summed E-state index contributed by atoms with van der Waals surface area (Å²) in [5.41, 5.74) is 0.623. The highest BCUT2D eigenvalue weighted by atomic mass is 16.2. The summed E-state index contributed by atoms with van der Waals surface area (Å²) < 4.78 is 0. The third-order valence-corrected chi connectivity index (χ3v) is 8.72. The molecule has 0 radical (unpaired) electrons. The SMILES string of the molecule is CC(C)C[C@@H](C(=O)N1C[C@]2(C[C@H]1C#N)C(=O)Nc1ccccc12)N(C)C(=O)[C@@H]1CC[C@H](C2C=CC=CC2)N1. The van der Waals surface area contributed by atoms with Gasteiger partial charge in [-0.1, -0.05) is 56.4 Å². The first-order chi connectivity index (χ1) is 18.2. The molecule has 3 heterocycles. The van der Waals surface area contributed by atoms with Gasteiger partial charge in [0.15, 0.2) is 0 Å². The van der Waals surface area contributed by atoms with E-state index in [-0.39, 0.29) is 48.7 Å². The second kappa shape index (κ2) is 10.4. The summed E-state index contributed by atoms with van der Waals surface area (Å²) in [4.78, 5) is 44.1. The number of hydrogen-bond acceptors (Lipinski definition) is 5. The standard InChI is InChI=1S/C30H37N5O3/c1-19(2)15-26(34(3)27(36)25-14-13-23(32-25)20-9-5-4-6-10-20)28(37)35-18-30(16-21(35)17-31)22-11-7-8-12-24(22)33-29(30)38/h4-9,11-12,19-21,23,25-26,32H,10,13-16,18H2,1-3H3,(H,33,38)/t20?,21-,23+,25-,26-,30-/m0/s1. The number of hydrogen-bond donors (Lipinski definition) is 2. The lowest BCUT2D eigenvalue weighted by molar-refractivity contribution is -0.146. The number of carbonyl (C=O) groups excluding carboxylic acids is 3. The van der Waals surface area contributed by atoms with Crippen LogP contribution in [0.1, 0.15) is 51.5 Å². The molecule has 8 nitrogen and oxygen atoms in total. The van der Waals surface area contributed by atoms with Gasteiger partial charge in [0.1, 0.15) is 12.1 Å². The third-order valence-electron chi connectivity index (χ3n) is 8.72. The summed E-state index contributed by atoms with van der Waals surface area (Å²) in [7, 11) is 1.70. The molecule has 38 heavy (non-hydrogen) atoms. The van der Waals surface area contributed by atoms with E-state index in [1.807, 2.05) is 38.1 Å². The van der Waals surface area contributed by atoms with Crippen LogP contribution in [0, 0.1) is 23.2 Å². The summed E-state index contributed by atoms with van der Waals surface area (Å²) in [5, 5.41) is 16.5. The monoisotopic (exact) mass is 515 g/mol. The number of allylic oxidation sites excluding steroid dienone is 3. The van der Waals surface area contributed by atoms with Crippen LogP contribution < -0.4 is 10.6 Å². The molecule has 200 valence electrons. The number of para-hydroxylation sites is 1. The van der Waals surface area contributed by atoms with E-state index in [4.69, 9.17) is 0 Å². The fraction of sp³-hybridized carbons (Fsp3) is 0.533. The summed E-state index contributed by atoms with van der Waals surface area (Å²) >= 11 is 0. The number of likely N-dealkylation sites (tertiary alicyclic amines) is 1. The molecule has 2 saturated heterocycles. The van der Waals surface area contributed by atoms with Crippen molar-refractivity contribution in [3.05, 3.63) is 54.1 Å². The van der Waals surface area contributed by atoms with E-state index in [1.165, 1.54) is 0 Å². The van der Waals surface area contributed by atoms with Gasteiger partial charge >= 0.3 is 0 Å². The zero-order chi connectivity index (χ0) is 27.0. The van der Waals surface area contributed by atoms with Crippen molar-refractivity contribution in [1.82, 2.24) is 15.1 Å². The fourth-order valence-electron chi connectivity index (χ4n) is 6.65. The summed E-state index contributed by atoms with van der Waals surface area (Å²) in [5.74, 6) is 0.00853. The fourth-order valence-corrected chi connectivity index (χ4v) is 6.65. The van der Waals surface area contributed by atoms with Crippen LogP contribution in [-0.2, 0) is 19.8 Å². The molecule has 2 fully saturated rings. The van der Waals surface area contributed by atoms with E-state index < -0.39 is 17.5 Å². The molecule has 1 aromatic rings. The molecule has 0 aromatic heterocycles. The minimum atomic E-state index is -0.945. The third kappa shape index (κ3) is 4.54. The first kappa shape index (κ1) is 26.2. The first-order valence-corrected chi connectivity index (χ1v) is 13.7. The van der Waals surface area contributed by atoms with Crippen LogP contribution in [0.5, 0.6) is 0 Å². The van der Waals surface area contributed by atoms with E-state index in [0.29, 0.717) is 12.3 Å². The minimum absolute atomic E-state index is 0.0896. The largest absolute Gasteiger partial charge is 0.332 e. The van der Waals surface area contributed by atoms with Crippen LogP contribution in [0.25, 0.3) is 0 Å². The lowest BCUT2D eigenvalue weighted by Crippen LogP contribution is -2.55. The molecular weight excluding hydrogens is 478 g/mol. The van der Waals surface area contributed by atoms with E-state index in [2.05, 4.69) is 41.0 Å². The first-order valence-electron chi connectivity index (χ1n) is 13.7. The van der Waals surface area contributed by atoms with Crippen molar-refractivity contribution in [2.45, 2.75) is 75.5 Å². The van der Waals surface area contributed by atoms with Gasteiger partial charge in [-0.25, -0.2) is 0 Å². The van der Waals surface area contributed by atoms with Gasteiger partial charge < -0.3 is 20.4 Å². The molecule has 1 unspecified atom stereocenters. The van der Waals surface area contributed by atoms with E-state index in [0.717, 1.165) is 30.5 Å². The van der Waals surface area contributed by atoms with Gasteiger partial charge in [-0.2, -0.15) is 5.26 Å². The lowest BCUT2D eigenvalue weighted by Gasteiger charge is -2.34. The predicted octanol–water partition coefficient (Wildman–Crippen LogP) is 3.13. The highest BCUT2D eigenvalue weighted by Crippen LogP contribution is 2.46. The van der Waals surface area contributed by atoms with Crippen LogP contribution in [0.4, 0.5) is 5.69 Å². The second-order valence-electron chi connectivity index (χ2n) is 11.6. The predicted molar refractivity (Wildman–Crippen MR) is 145 cm³/mol. The van der Waals surface area contributed by atoms with Gasteiger partial charge in [-0.15, -0.1) is 0 Å². The van der Waals surface area contributed by atoms with E-state index >= 15 is 0 Å². The van der Waals surface area contributed by atoms with Crippen LogP contribution in [0.3, 0.4) is 0 Å². The number of nitriles is 1. The Bertz CT molecular complexity index is 1220. The Morgan fingerprint density at radius 1 is 1.24 bits per heavy atom. The molecule has 3 aliphatic heterocycles. The summed E-state index contributed by atoms with van der Waals surface area (Å²) in [6.45, 7) is 4.19. The molecule has 6 atom stereocenters. The Kier molecular flexibility index (Phi) is 7.15. The van der Waals surface area contributed by atoms with Crippen LogP contribution in [-0.4, -0.2) is 65.3 Å². The average Bonchev–Trinajstić information content (AvgIpc) is 3.64. The van der Waals surface area contributed by atoms with Gasteiger partial charge in [-0.05, 0) is 49.1 Å². The quantitative estimate of drug-likeness (QED) is 0.606. The van der Waals surface area contributed by atoms with Gasteiger partial charge in [0.25, 0.3) is 0 Å². The maximum absolute atomic E-state index is 14.1. The molecular formula is C30H37N5O3. The molecule has 1 spiro atoms. The van der Waals surface area contributed by atoms with Crippen LogP contribution in [0.15, 0.2) is 48.6 Å². The van der Waals surface area contributed by atoms with Crippen molar-refractivity contribution in [1.29, 1.82) is 5.26 Å². The Labute approximate surface area is 224 Å². The molecule has 3 amide bonds. The Hall–Kier alpha value is -3.44. The Morgan fingerprint density at radius 3 is 2.74 bits per heavy atom. The number of nitrogens with one attached hydrogen (secondary N) is 2. The van der Waals surface area contributed by atoms with Crippen molar-refractivity contribution < 1.29 is 14.4 Å². The van der Waals surface area contributed by atoms with E-state index in [9.17, 15) is 19.6 Å². The van der Waals surface area contributed by atoms with Crippen molar-refractivity contribution in [3.8, 4) is 6.07 Å². The minimum Gasteiger partial charge on any atom is -0.332 e. The lowest BCUT2D eigenvalue weighted by atomic mass is 9.80. The second-order valence-corrected chi connectivity index (χ2v) is 11.6. The number of anilines is 1. The molecule has 8 heteroatoms. The van der Waals surface area contributed by atoms with Crippen molar-refractivity contribution in [2.75, 3.05) is 18.9 Å². The maximum Gasteiger partial charge on any atom is 0.246 e. The van der Waals surface area contributed by atoms with Crippen molar-refractivity contribution in [2.24, 2.45) is 11.8 Å². The number of nitrogens with zero attached hydrogens (tertiary/aromatic N) is 3. The average molecular weight is 516 g/mol. The molecule has 5 rings (SSSR count). The molecule has 4 aliphatic rings. The van der Waals surface area contributed by atoms with Gasteiger partial charge in [0, 0.05) is 31.7 Å². The van der Waals surface area contributed by atoms with E-state index in [1.54, 1.807) is 16.8 Å². The van der Waals surface area contributed by atoms with Crippen LogP contribution >= 0.6 is 0 Å². The molecule has 1 aromatic carbocycles. The summed E-state index contributed by atoms with van der Waals surface area (Å²) in [6, 6.07) is 8.21. The van der Waals surface area contributed by atoms with Crippen LogP contribution in [0.2, 0.25) is 0 Å². The highest BCUT2D eigenvalue weighted by molar-refractivity contribution is 6.07. The number of amides is 3. The molecule has 0 bridgehead atoms. The zero-order valence-corrected chi connectivity index (χ0v) is 22.4. The smallest absolute Gasteiger partial charge is 0.246 e. The number of rotatable bonds is 6. The van der Waals surface area contributed by atoms with Gasteiger partial charge in [0.2, 0.25) is 17.7 Å². The topological polar surface area (TPSA) is 106 Å². The maximum atomic E-state index is 14.1. The normalized spacial score (nSPS) is 30.4. The Morgan fingerprint density at radius 2 is 2.03 bits per heavy atom. The number of benzene rings is 1.